The van der Waals surface area contributed by atoms with Crippen LogP contribution in [0.25, 0.3) is 0 Å². The average Bonchev–Trinajstić information content (AvgIpc) is 3.19. The van der Waals surface area contributed by atoms with Crippen LogP contribution in [0.4, 0.5) is 5.69 Å². The Labute approximate surface area is 167 Å². The van der Waals surface area contributed by atoms with Gasteiger partial charge in [0.25, 0.3) is 5.91 Å². The lowest BCUT2D eigenvalue weighted by atomic mass is 10.0. The van der Waals surface area contributed by atoms with Crippen LogP contribution in [-0.4, -0.2) is 17.9 Å². The molecule has 0 fully saturated rings. The molecule has 1 heterocycles. The van der Waals surface area contributed by atoms with E-state index in [0.717, 1.165) is 11.1 Å². The molecule has 1 atom stereocenters. The van der Waals surface area contributed by atoms with Gasteiger partial charge in [-0.3, -0.25) is 9.59 Å². The fraction of sp³-hybridized carbons (Fsp3) is 0.143. The predicted molar refractivity (Wildman–Crippen MR) is 111 cm³/mol. The van der Waals surface area contributed by atoms with E-state index >= 15 is 0 Å². The summed E-state index contributed by atoms with van der Waals surface area (Å²) >= 11 is 7.32. The average molecular weight is 399 g/mol. The highest BCUT2D eigenvalue weighted by molar-refractivity contribution is 7.12. The van der Waals surface area contributed by atoms with E-state index in [1.165, 1.54) is 11.3 Å². The second kappa shape index (κ2) is 8.84. The molecule has 0 aliphatic rings. The zero-order chi connectivity index (χ0) is 19.2. The second-order valence-corrected chi connectivity index (χ2v) is 7.53. The van der Waals surface area contributed by atoms with Gasteiger partial charge in [-0.15, -0.1) is 11.3 Å². The lowest BCUT2D eigenvalue weighted by molar-refractivity contribution is -0.118. The van der Waals surface area contributed by atoms with E-state index in [4.69, 9.17) is 11.6 Å². The highest BCUT2D eigenvalue weighted by Crippen LogP contribution is 2.20. The summed E-state index contributed by atoms with van der Waals surface area (Å²) in [6, 6.07) is 17.7. The fourth-order valence-electron chi connectivity index (χ4n) is 2.68. The standard InChI is InChI=1S/C21H19ClN2O2S/c1-14-12-16(22)9-10-17(14)23-20(25)18(13-15-6-3-2-4-7-15)24-21(26)19-8-5-11-27-19/h2-12,18H,13H2,1H3,(H,23,25)(H,24,26). The van der Waals surface area contributed by atoms with E-state index in [1.54, 1.807) is 24.3 Å². The molecule has 2 aromatic carbocycles. The van der Waals surface area contributed by atoms with Crippen LogP contribution >= 0.6 is 22.9 Å². The maximum Gasteiger partial charge on any atom is 0.262 e. The quantitative estimate of drug-likeness (QED) is 0.632. The number of nitrogens with one attached hydrogen (secondary N) is 2. The van der Waals surface area contributed by atoms with Crippen LogP contribution in [0.3, 0.4) is 0 Å². The summed E-state index contributed by atoms with van der Waals surface area (Å²) in [6.45, 7) is 1.87. The molecule has 0 saturated heterocycles. The van der Waals surface area contributed by atoms with Crippen LogP contribution in [0.1, 0.15) is 20.8 Å². The van der Waals surface area contributed by atoms with Gasteiger partial charge in [0.1, 0.15) is 6.04 Å². The van der Waals surface area contributed by atoms with Gasteiger partial charge in [-0.2, -0.15) is 0 Å². The number of hydrogen-bond acceptors (Lipinski definition) is 3. The van der Waals surface area contributed by atoms with Crippen molar-refractivity contribution in [2.75, 3.05) is 5.32 Å². The molecule has 0 bridgehead atoms. The highest BCUT2D eigenvalue weighted by atomic mass is 35.5. The van der Waals surface area contributed by atoms with Gasteiger partial charge in [-0.05, 0) is 47.7 Å². The highest BCUT2D eigenvalue weighted by Gasteiger charge is 2.23. The Morgan fingerprint density at radius 2 is 1.85 bits per heavy atom. The van der Waals surface area contributed by atoms with Crippen molar-refractivity contribution in [3.8, 4) is 0 Å². The Kier molecular flexibility index (Phi) is 6.27. The zero-order valence-corrected chi connectivity index (χ0v) is 16.3. The van der Waals surface area contributed by atoms with E-state index in [9.17, 15) is 9.59 Å². The third-order valence-corrected chi connectivity index (χ3v) is 5.20. The van der Waals surface area contributed by atoms with Crippen LogP contribution in [-0.2, 0) is 11.2 Å². The van der Waals surface area contributed by atoms with Gasteiger partial charge in [0.15, 0.2) is 0 Å². The first kappa shape index (κ1) is 19.1. The molecule has 3 aromatic rings. The van der Waals surface area contributed by atoms with Crippen molar-refractivity contribution in [3.63, 3.8) is 0 Å². The molecule has 0 aliphatic heterocycles. The number of carbonyl (C=O) groups excluding carboxylic acids is 2. The number of rotatable bonds is 6. The van der Waals surface area contributed by atoms with Crippen molar-refractivity contribution < 1.29 is 9.59 Å². The number of anilines is 1. The number of thiophene rings is 1. The third kappa shape index (κ3) is 5.18. The van der Waals surface area contributed by atoms with Crippen molar-refractivity contribution >= 4 is 40.4 Å². The summed E-state index contributed by atoms with van der Waals surface area (Å²) in [5.41, 5.74) is 2.50. The maximum absolute atomic E-state index is 12.9. The molecular weight excluding hydrogens is 380 g/mol. The van der Waals surface area contributed by atoms with Gasteiger partial charge in [0.2, 0.25) is 5.91 Å². The molecule has 0 spiro atoms. The summed E-state index contributed by atoms with van der Waals surface area (Å²) < 4.78 is 0. The number of benzene rings is 2. The smallest absolute Gasteiger partial charge is 0.262 e. The topological polar surface area (TPSA) is 58.2 Å². The van der Waals surface area contributed by atoms with Gasteiger partial charge >= 0.3 is 0 Å². The number of hydrogen-bond donors (Lipinski definition) is 2. The molecule has 3 rings (SSSR count). The van der Waals surface area contributed by atoms with Crippen LogP contribution < -0.4 is 10.6 Å². The summed E-state index contributed by atoms with van der Waals surface area (Å²) in [5, 5.41) is 8.19. The summed E-state index contributed by atoms with van der Waals surface area (Å²) in [7, 11) is 0. The molecule has 6 heteroatoms. The first-order valence-corrected chi connectivity index (χ1v) is 9.74. The van der Waals surface area contributed by atoms with Gasteiger partial charge in [-0.1, -0.05) is 48.0 Å². The van der Waals surface area contributed by atoms with Crippen molar-refractivity contribution in [1.82, 2.24) is 5.32 Å². The predicted octanol–water partition coefficient (Wildman–Crippen LogP) is 4.69. The van der Waals surface area contributed by atoms with E-state index in [1.807, 2.05) is 48.7 Å². The normalized spacial score (nSPS) is 11.6. The van der Waals surface area contributed by atoms with E-state index < -0.39 is 6.04 Å². The molecule has 0 radical (unpaired) electrons. The summed E-state index contributed by atoms with van der Waals surface area (Å²) in [4.78, 5) is 26.0. The molecule has 1 aromatic heterocycles. The Hall–Kier alpha value is -2.63. The monoisotopic (exact) mass is 398 g/mol. The van der Waals surface area contributed by atoms with Gasteiger partial charge in [0.05, 0.1) is 4.88 Å². The Morgan fingerprint density at radius 1 is 1.07 bits per heavy atom. The van der Waals surface area contributed by atoms with Crippen LogP contribution in [0.15, 0.2) is 66.0 Å². The lowest BCUT2D eigenvalue weighted by Crippen LogP contribution is -2.45. The maximum atomic E-state index is 12.9. The van der Waals surface area contributed by atoms with E-state index in [2.05, 4.69) is 10.6 Å². The van der Waals surface area contributed by atoms with Crippen LogP contribution in [0.5, 0.6) is 0 Å². The summed E-state index contributed by atoms with van der Waals surface area (Å²) in [6.07, 6.45) is 0.399. The lowest BCUT2D eigenvalue weighted by Gasteiger charge is -2.19. The SMILES string of the molecule is Cc1cc(Cl)ccc1NC(=O)C(Cc1ccccc1)NC(=O)c1cccs1. The Balaban J connectivity index is 1.79. The molecule has 4 nitrogen and oxygen atoms in total. The van der Waals surface area contributed by atoms with E-state index in [0.29, 0.717) is 22.0 Å². The third-order valence-electron chi connectivity index (χ3n) is 4.10. The van der Waals surface area contributed by atoms with Crippen molar-refractivity contribution in [3.05, 3.63) is 87.1 Å². The fourth-order valence-corrected chi connectivity index (χ4v) is 3.54. The summed E-state index contributed by atoms with van der Waals surface area (Å²) in [5.74, 6) is -0.525. The van der Waals surface area contributed by atoms with Gasteiger partial charge < -0.3 is 10.6 Å². The van der Waals surface area contributed by atoms with Crippen molar-refractivity contribution in [1.29, 1.82) is 0 Å². The minimum atomic E-state index is -0.697. The Bertz CT molecular complexity index is 927. The molecular formula is C21H19ClN2O2S. The molecule has 2 N–H and O–H groups in total. The Morgan fingerprint density at radius 3 is 2.52 bits per heavy atom. The molecule has 0 aliphatic carbocycles. The molecule has 1 unspecified atom stereocenters. The molecule has 138 valence electrons. The second-order valence-electron chi connectivity index (χ2n) is 6.14. The first-order valence-electron chi connectivity index (χ1n) is 8.48. The van der Waals surface area contributed by atoms with E-state index in [-0.39, 0.29) is 11.8 Å². The minimum Gasteiger partial charge on any atom is -0.339 e. The van der Waals surface area contributed by atoms with Crippen LogP contribution in [0, 0.1) is 6.92 Å². The largest absolute Gasteiger partial charge is 0.339 e. The van der Waals surface area contributed by atoms with Gasteiger partial charge in [-0.25, -0.2) is 0 Å². The number of halogens is 1. The molecule has 27 heavy (non-hydrogen) atoms. The van der Waals surface area contributed by atoms with Gasteiger partial charge in [0, 0.05) is 17.1 Å². The zero-order valence-electron chi connectivity index (χ0n) is 14.7. The minimum absolute atomic E-state index is 0.256. The number of amides is 2. The molecule has 0 saturated carbocycles. The van der Waals surface area contributed by atoms with Crippen LogP contribution in [0.2, 0.25) is 5.02 Å². The van der Waals surface area contributed by atoms with Crippen molar-refractivity contribution in [2.45, 2.75) is 19.4 Å². The molecule has 2 amide bonds. The first-order chi connectivity index (χ1) is 13.0. The number of aryl methyl sites for hydroxylation is 1. The number of carbonyl (C=O) groups is 2. The van der Waals surface area contributed by atoms with Crippen molar-refractivity contribution in [2.24, 2.45) is 0 Å².